The molecule has 1 unspecified atom stereocenters. The molecule has 0 aliphatic heterocycles. The summed E-state index contributed by atoms with van der Waals surface area (Å²) in [5.74, 6) is 0.458. The molecule has 0 aliphatic carbocycles. The lowest BCUT2D eigenvalue weighted by molar-refractivity contribution is -0.386. The highest BCUT2D eigenvalue weighted by Crippen LogP contribution is 2.30. The molecule has 0 aliphatic rings. The quantitative estimate of drug-likeness (QED) is 0.591. The molecule has 0 aromatic carbocycles. The van der Waals surface area contributed by atoms with Gasteiger partial charge < -0.3 is 5.32 Å². The van der Waals surface area contributed by atoms with Crippen LogP contribution >= 0.6 is 0 Å². The van der Waals surface area contributed by atoms with Gasteiger partial charge in [0.25, 0.3) is 0 Å². The number of nitrogens with zero attached hydrogens (tertiary/aromatic N) is 3. The maximum Gasteiger partial charge on any atom is 0.313 e. The zero-order valence-corrected chi connectivity index (χ0v) is 14.0. The topological polar surface area (TPSA) is 73.0 Å². The fourth-order valence-corrected chi connectivity index (χ4v) is 2.47. The molecule has 0 fully saturated rings. The van der Waals surface area contributed by atoms with E-state index in [1.807, 2.05) is 13.8 Å². The van der Waals surface area contributed by atoms with Gasteiger partial charge in [0.2, 0.25) is 0 Å². The Kier molecular flexibility index (Phi) is 6.33. The van der Waals surface area contributed by atoms with E-state index in [9.17, 15) is 10.1 Å². The zero-order valence-electron chi connectivity index (χ0n) is 14.0. The highest BCUT2D eigenvalue weighted by atomic mass is 16.6. The lowest BCUT2D eigenvalue weighted by Gasteiger charge is -2.22. The average molecular weight is 296 g/mol. The van der Waals surface area contributed by atoms with Crippen LogP contribution in [0.1, 0.15) is 58.3 Å². The van der Waals surface area contributed by atoms with Crippen LogP contribution in [0.4, 0.5) is 5.69 Å². The lowest BCUT2D eigenvalue weighted by atomic mass is 9.97. The van der Waals surface area contributed by atoms with E-state index in [2.05, 4.69) is 31.2 Å². The minimum absolute atomic E-state index is 0.0476. The number of nitro groups is 1. The summed E-state index contributed by atoms with van der Waals surface area (Å²) in [4.78, 5) is 11.2. The van der Waals surface area contributed by atoms with Crippen molar-refractivity contribution in [1.29, 1.82) is 0 Å². The molecule has 0 spiro atoms. The summed E-state index contributed by atoms with van der Waals surface area (Å²) < 4.78 is 1.68. The second-order valence-electron chi connectivity index (χ2n) is 6.22. The Labute approximate surface area is 127 Å². The van der Waals surface area contributed by atoms with Gasteiger partial charge in [0, 0.05) is 25.4 Å². The predicted molar refractivity (Wildman–Crippen MR) is 84.6 cm³/mol. The van der Waals surface area contributed by atoms with Crippen molar-refractivity contribution < 1.29 is 4.92 Å². The third kappa shape index (κ3) is 4.27. The van der Waals surface area contributed by atoms with Crippen LogP contribution in [0.15, 0.2) is 0 Å². The van der Waals surface area contributed by atoms with Gasteiger partial charge in [0.15, 0.2) is 0 Å². The van der Waals surface area contributed by atoms with E-state index in [0.717, 1.165) is 13.0 Å². The van der Waals surface area contributed by atoms with E-state index in [1.54, 1.807) is 11.7 Å². The van der Waals surface area contributed by atoms with Gasteiger partial charge in [0.1, 0.15) is 11.4 Å². The largest absolute Gasteiger partial charge is 0.313 e. The van der Waals surface area contributed by atoms with Gasteiger partial charge in [-0.15, -0.1) is 0 Å². The van der Waals surface area contributed by atoms with Crippen LogP contribution in [0, 0.1) is 16.0 Å². The molecule has 1 atom stereocenters. The summed E-state index contributed by atoms with van der Waals surface area (Å²) in [6, 6.07) is 0.221. The molecule has 6 nitrogen and oxygen atoms in total. The van der Waals surface area contributed by atoms with E-state index in [1.165, 1.54) is 0 Å². The first-order valence-electron chi connectivity index (χ1n) is 7.73. The summed E-state index contributed by atoms with van der Waals surface area (Å²) in [7, 11) is 1.80. The molecule has 0 bridgehead atoms. The first-order chi connectivity index (χ1) is 9.79. The summed E-state index contributed by atoms with van der Waals surface area (Å²) in [5.41, 5.74) is 1.48. The first kappa shape index (κ1) is 17.6. The second kappa shape index (κ2) is 7.54. The van der Waals surface area contributed by atoms with Crippen LogP contribution in [0.2, 0.25) is 0 Å². The van der Waals surface area contributed by atoms with Crippen molar-refractivity contribution in [3.05, 3.63) is 21.5 Å². The Morgan fingerprint density at radius 1 is 1.33 bits per heavy atom. The molecule has 6 heteroatoms. The number of rotatable bonds is 8. The Morgan fingerprint density at radius 3 is 2.38 bits per heavy atom. The fourth-order valence-electron chi connectivity index (χ4n) is 2.47. The third-order valence-electron chi connectivity index (χ3n) is 3.77. The molecule has 0 radical (unpaired) electrons. The average Bonchev–Trinajstić information content (AvgIpc) is 2.71. The maximum atomic E-state index is 11.5. The number of aryl methyl sites for hydroxylation is 1. The normalized spacial score (nSPS) is 13.1. The van der Waals surface area contributed by atoms with E-state index < -0.39 is 0 Å². The zero-order chi connectivity index (χ0) is 16.2. The Bertz CT molecular complexity index is 480. The Hall–Kier alpha value is -1.43. The molecule has 0 amide bonds. The molecular formula is C15H28N4O2. The monoisotopic (exact) mass is 296 g/mol. The number of hydrogen-bond donors (Lipinski definition) is 1. The molecule has 0 saturated heterocycles. The minimum Gasteiger partial charge on any atom is -0.313 e. The number of nitrogens with one attached hydrogen (secondary N) is 1. The summed E-state index contributed by atoms with van der Waals surface area (Å²) in [5, 5.41) is 19.3. The van der Waals surface area contributed by atoms with Crippen LogP contribution < -0.4 is 5.32 Å². The Morgan fingerprint density at radius 2 is 1.95 bits per heavy atom. The Balaban J connectivity index is 3.13. The van der Waals surface area contributed by atoms with Gasteiger partial charge in [-0.1, -0.05) is 34.6 Å². The van der Waals surface area contributed by atoms with Gasteiger partial charge in [-0.05, 0) is 18.9 Å². The molecule has 1 aromatic heterocycles. The smallest absolute Gasteiger partial charge is 0.313 e. The van der Waals surface area contributed by atoms with Crippen molar-refractivity contribution in [2.75, 3.05) is 6.54 Å². The van der Waals surface area contributed by atoms with Crippen molar-refractivity contribution in [3.63, 3.8) is 0 Å². The molecular weight excluding hydrogens is 268 g/mol. The molecule has 120 valence electrons. The third-order valence-corrected chi connectivity index (χ3v) is 3.77. The van der Waals surface area contributed by atoms with Crippen LogP contribution in [0.25, 0.3) is 0 Å². The molecule has 1 N–H and O–H groups in total. The molecule has 21 heavy (non-hydrogen) atoms. The van der Waals surface area contributed by atoms with Crippen molar-refractivity contribution in [3.8, 4) is 0 Å². The maximum absolute atomic E-state index is 11.5. The van der Waals surface area contributed by atoms with Crippen LogP contribution in [0.3, 0.4) is 0 Å². The van der Waals surface area contributed by atoms with E-state index in [-0.39, 0.29) is 22.6 Å². The van der Waals surface area contributed by atoms with Crippen LogP contribution in [0.5, 0.6) is 0 Å². The van der Waals surface area contributed by atoms with Crippen molar-refractivity contribution in [2.45, 2.75) is 59.4 Å². The van der Waals surface area contributed by atoms with E-state index in [0.29, 0.717) is 23.7 Å². The van der Waals surface area contributed by atoms with Gasteiger partial charge in [-0.2, -0.15) is 5.10 Å². The van der Waals surface area contributed by atoms with Crippen LogP contribution in [-0.2, 0) is 13.5 Å². The summed E-state index contributed by atoms with van der Waals surface area (Å²) >= 11 is 0. The predicted octanol–water partition coefficient (Wildman–Crippen LogP) is 3.02. The van der Waals surface area contributed by atoms with Gasteiger partial charge in [-0.3, -0.25) is 14.8 Å². The SMILES string of the molecule is CCCNC(Cc1c([N+](=O)[O-])c(C(C)C)nn1C)C(C)C. The molecule has 1 rings (SSSR count). The summed E-state index contributed by atoms with van der Waals surface area (Å²) in [6.07, 6.45) is 1.68. The minimum atomic E-state index is -0.283. The lowest BCUT2D eigenvalue weighted by Crippen LogP contribution is -2.37. The number of aromatic nitrogens is 2. The number of hydrogen-bond acceptors (Lipinski definition) is 4. The van der Waals surface area contributed by atoms with E-state index in [4.69, 9.17) is 0 Å². The molecule has 1 aromatic rings. The summed E-state index contributed by atoms with van der Waals surface area (Å²) in [6.45, 7) is 11.2. The van der Waals surface area contributed by atoms with Gasteiger partial charge in [-0.25, -0.2) is 0 Å². The fraction of sp³-hybridized carbons (Fsp3) is 0.800. The van der Waals surface area contributed by atoms with Gasteiger partial charge >= 0.3 is 5.69 Å². The first-order valence-corrected chi connectivity index (χ1v) is 7.73. The highest BCUT2D eigenvalue weighted by Gasteiger charge is 2.30. The van der Waals surface area contributed by atoms with Crippen molar-refractivity contribution in [2.24, 2.45) is 13.0 Å². The second-order valence-corrected chi connectivity index (χ2v) is 6.22. The molecule has 1 heterocycles. The standard InChI is InChI=1S/C15H28N4O2/c1-7-8-16-12(10(2)3)9-13-15(19(20)21)14(11(4)5)17-18(13)6/h10-12,16H,7-9H2,1-6H3. The van der Waals surface area contributed by atoms with E-state index >= 15 is 0 Å². The molecule has 0 saturated carbocycles. The van der Waals surface area contributed by atoms with Gasteiger partial charge in [0.05, 0.1) is 4.92 Å². The van der Waals surface area contributed by atoms with Crippen LogP contribution in [-0.4, -0.2) is 27.3 Å². The van der Waals surface area contributed by atoms with Crippen molar-refractivity contribution >= 4 is 5.69 Å². The highest BCUT2D eigenvalue weighted by molar-refractivity contribution is 5.43. The van der Waals surface area contributed by atoms with Crippen molar-refractivity contribution in [1.82, 2.24) is 15.1 Å².